The highest BCUT2D eigenvalue weighted by atomic mass is 19.4. The van der Waals surface area contributed by atoms with Crippen molar-refractivity contribution in [3.63, 3.8) is 0 Å². The lowest BCUT2D eigenvalue weighted by Crippen LogP contribution is -2.04. The molecule has 0 unspecified atom stereocenters. The highest BCUT2D eigenvalue weighted by molar-refractivity contribution is 5.89. The molecule has 4 rings (SSSR count). The van der Waals surface area contributed by atoms with Gasteiger partial charge in [0.05, 0.1) is 22.2 Å². The molecule has 8 heteroatoms. The van der Waals surface area contributed by atoms with Gasteiger partial charge in [-0.1, -0.05) is 18.2 Å². The molecule has 0 saturated heterocycles. The van der Waals surface area contributed by atoms with Crippen LogP contribution in [0.2, 0.25) is 0 Å². The van der Waals surface area contributed by atoms with Crippen molar-refractivity contribution in [3.8, 4) is 17.1 Å². The van der Waals surface area contributed by atoms with E-state index in [1.807, 2.05) is 0 Å². The van der Waals surface area contributed by atoms with E-state index in [9.17, 15) is 27.5 Å². The maximum Gasteiger partial charge on any atom is 0.416 e. The molecule has 0 radical (unpaired) electrons. The van der Waals surface area contributed by atoms with E-state index in [2.05, 4.69) is 4.98 Å². The van der Waals surface area contributed by atoms with E-state index in [1.54, 1.807) is 12.1 Å². The average Bonchev–Trinajstić information content (AvgIpc) is 3.06. The Kier molecular flexibility index (Phi) is 4.34. The second kappa shape index (κ2) is 6.73. The minimum absolute atomic E-state index is 0.00135. The number of carboxylic acids is 1. The molecular weight excluding hydrogens is 388 g/mol. The molecule has 0 bridgehead atoms. The lowest BCUT2D eigenvalue weighted by molar-refractivity contribution is -0.137. The molecule has 0 spiro atoms. The van der Waals surface area contributed by atoms with Crippen LogP contribution in [0.1, 0.15) is 15.9 Å². The van der Waals surface area contributed by atoms with Crippen LogP contribution in [0.15, 0.2) is 66.7 Å². The van der Waals surface area contributed by atoms with Gasteiger partial charge in [0.2, 0.25) is 0 Å². The standard InChI is InChI=1S/C21H12F4N2O2/c22-15-5-1-3-12(9-15)19-26-17-11-14(21(23,24)25)7-8-18(17)27(19)16-6-2-4-13(10-16)20(28)29/h1-11H,(H,28,29). The lowest BCUT2D eigenvalue weighted by atomic mass is 10.1. The van der Waals surface area contributed by atoms with Gasteiger partial charge in [-0.05, 0) is 48.5 Å². The first-order valence-electron chi connectivity index (χ1n) is 8.43. The molecule has 4 nitrogen and oxygen atoms in total. The molecule has 0 saturated carbocycles. The van der Waals surface area contributed by atoms with Crippen LogP contribution in [0, 0.1) is 5.82 Å². The Balaban J connectivity index is 2.03. The van der Waals surface area contributed by atoms with Crippen molar-refractivity contribution >= 4 is 17.0 Å². The number of aromatic carboxylic acids is 1. The molecule has 0 aliphatic rings. The van der Waals surface area contributed by atoms with Crippen molar-refractivity contribution in [2.45, 2.75) is 6.18 Å². The number of hydrogen-bond donors (Lipinski definition) is 1. The van der Waals surface area contributed by atoms with Gasteiger partial charge in [-0.3, -0.25) is 4.57 Å². The summed E-state index contributed by atoms with van der Waals surface area (Å²) in [6, 6.07) is 14.5. The van der Waals surface area contributed by atoms with Gasteiger partial charge >= 0.3 is 12.1 Å². The predicted octanol–water partition coefficient (Wildman–Crippen LogP) is 5.55. The Morgan fingerprint density at radius 3 is 2.41 bits per heavy atom. The van der Waals surface area contributed by atoms with Crippen LogP contribution in [0.25, 0.3) is 28.1 Å². The second-order valence-corrected chi connectivity index (χ2v) is 6.34. The first-order valence-corrected chi connectivity index (χ1v) is 8.43. The molecule has 1 heterocycles. The molecule has 0 aliphatic carbocycles. The van der Waals surface area contributed by atoms with E-state index < -0.39 is 23.5 Å². The van der Waals surface area contributed by atoms with Gasteiger partial charge in [-0.2, -0.15) is 13.2 Å². The number of halogens is 4. The van der Waals surface area contributed by atoms with Crippen LogP contribution >= 0.6 is 0 Å². The summed E-state index contributed by atoms with van der Waals surface area (Å²) in [5, 5.41) is 9.27. The fourth-order valence-corrected chi connectivity index (χ4v) is 3.12. The Morgan fingerprint density at radius 2 is 1.72 bits per heavy atom. The minimum Gasteiger partial charge on any atom is -0.478 e. The third-order valence-corrected chi connectivity index (χ3v) is 4.42. The first-order chi connectivity index (χ1) is 13.7. The molecule has 0 fully saturated rings. The van der Waals surface area contributed by atoms with Crippen molar-refractivity contribution in [1.29, 1.82) is 0 Å². The zero-order valence-corrected chi connectivity index (χ0v) is 14.6. The molecule has 1 aromatic heterocycles. The average molecular weight is 400 g/mol. The monoisotopic (exact) mass is 400 g/mol. The highest BCUT2D eigenvalue weighted by Crippen LogP contribution is 2.34. The molecule has 1 N–H and O–H groups in total. The van der Waals surface area contributed by atoms with Crippen molar-refractivity contribution < 1.29 is 27.5 Å². The van der Waals surface area contributed by atoms with E-state index in [-0.39, 0.29) is 16.9 Å². The maximum atomic E-state index is 13.8. The Hall–Kier alpha value is -3.68. The summed E-state index contributed by atoms with van der Waals surface area (Å²) < 4.78 is 54.6. The summed E-state index contributed by atoms with van der Waals surface area (Å²) in [4.78, 5) is 15.6. The van der Waals surface area contributed by atoms with E-state index in [4.69, 9.17) is 0 Å². The third kappa shape index (κ3) is 3.44. The second-order valence-electron chi connectivity index (χ2n) is 6.34. The molecule has 0 atom stereocenters. The molecule has 3 aromatic carbocycles. The highest BCUT2D eigenvalue weighted by Gasteiger charge is 2.31. The van der Waals surface area contributed by atoms with E-state index in [0.717, 1.165) is 12.1 Å². The summed E-state index contributed by atoms with van der Waals surface area (Å²) >= 11 is 0. The van der Waals surface area contributed by atoms with Gasteiger partial charge < -0.3 is 5.11 Å². The van der Waals surface area contributed by atoms with Crippen LogP contribution in [0.5, 0.6) is 0 Å². The number of benzene rings is 3. The minimum atomic E-state index is -4.54. The van der Waals surface area contributed by atoms with Crippen LogP contribution < -0.4 is 0 Å². The van der Waals surface area contributed by atoms with Crippen molar-refractivity contribution in [3.05, 3.63) is 83.7 Å². The third-order valence-electron chi connectivity index (χ3n) is 4.42. The summed E-state index contributed by atoms with van der Waals surface area (Å²) in [6.07, 6.45) is -4.54. The number of hydrogen-bond acceptors (Lipinski definition) is 2. The van der Waals surface area contributed by atoms with Gasteiger partial charge in [0.25, 0.3) is 0 Å². The Morgan fingerprint density at radius 1 is 0.966 bits per heavy atom. The summed E-state index contributed by atoms with van der Waals surface area (Å²) in [7, 11) is 0. The zero-order chi connectivity index (χ0) is 20.8. The summed E-state index contributed by atoms with van der Waals surface area (Å²) in [5.74, 6) is -1.49. The molecule has 29 heavy (non-hydrogen) atoms. The summed E-state index contributed by atoms with van der Waals surface area (Å²) in [5.41, 5.74) is 0.253. The van der Waals surface area contributed by atoms with Gasteiger partial charge in [0.15, 0.2) is 0 Å². The molecule has 4 aromatic rings. The van der Waals surface area contributed by atoms with Crippen molar-refractivity contribution in [1.82, 2.24) is 9.55 Å². The smallest absolute Gasteiger partial charge is 0.416 e. The molecule has 0 aliphatic heterocycles. The quantitative estimate of drug-likeness (QED) is 0.459. The topological polar surface area (TPSA) is 55.1 Å². The van der Waals surface area contributed by atoms with E-state index >= 15 is 0 Å². The Bertz CT molecular complexity index is 1250. The number of carbonyl (C=O) groups is 1. The fraction of sp³-hybridized carbons (Fsp3) is 0.0476. The van der Waals surface area contributed by atoms with Crippen LogP contribution in [-0.2, 0) is 6.18 Å². The molecule has 0 amide bonds. The van der Waals surface area contributed by atoms with Gasteiger partial charge in [0, 0.05) is 11.3 Å². The van der Waals surface area contributed by atoms with Gasteiger partial charge in [-0.15, -0.1) is 0 Å². The number of nitrogens with zero attached hydrogens (tertiary/aromatic N) is 2. The maximum absolute atomic E-state index is 13.8. The lowest BCUT2D eigenvalue weighted by Gasteiger charge is -2.11. The van der Waals surface area contributed by atoms with Crippen LogP contribution in [0.3, 0.4) is 0 Å². The summed E-state index contributed by atoms with van der Waals surface area (Å²) in [6.45, 7) is 0. The predicted molar refractivity (Wildman–Crippen MR) is 98.4 cm³/mol. The zero-order valence-electron chi connectivity index (χ0n) is 14.6. The largest absolute Gasteiger partial charge is 0.478 e. The first kappa shape index (κ1) is 18.7. The molecule has 146 valence electrons. The Labute approximate surface area is 161 Å². The van der Waals surface area contributed by atoms with E-state index in [0.29, 0.717) is 16.8 Å². The van der Waals surface area contributed by atoms with Gasteiger partial charge in [-0.25, -0.2) is 14.2 Å². The number of alkyl halides is 3. The van der Waals surface area contributed by atoms with Crippen molar-refractivity contribution in [2.75, 3.05) is 0 Å². The van der Waals surface area contributed by atoms with Crippen LogP contribution in [-0.4, -0.2) is 20.6 Å². The van der Waals surface area contributed by atoms with E-state index in [1.165, 1.54) is 47.0 Å². The van der Waals surface area contributed by atoms with Gasteiger partial charge in [0.1, 0.15) is 11.6 Å². The number of carboxylic acid groups (broad SMARTS) is 1. The SMILES string of the molecule is O=C(O)c1cccc(-n2c(-c3cccc(F)c3)nc3cc(C(F)(F)F)ccc32)c1. The number of fused-ring (bicyclic) bond motifs is 1. The number of aromatic nitrogens is 2. The number of rotatable bonds is 3. The van der Waals surface area contributed by atoms with Crippen LogP contribution in [0.4, 0.5) is 17.6 Å². The number of imidazole rings is 1. The normalized spacial score (nSPS) is 11.7. The fourth-order valence-electron chi connectivity index (χ4n) is 3.12. The molecular formula is C21H12F4N2O2. The van der Waals surface area contributed by atoms with Crippen molar-refractivity contribution in [2.24, 2.45) is 0 Å².